The molecule has 0 heterocycles. The Morgan fingerprint density at radius 2 is 1.00 bits per heavy atom. The van der Waals surface area contributed by atoms with Crippen LogP contribution in [0.25, 0.3) is 0 Å². The average molecular weight is 292 g/mol. The van der Waals surface area contributed by atoms with Gasteiger partial charge in [0, 0.05) is 0 Å². The first-order valence-corrected chi connectivity index (χ1v) is 3.87. The molecule has 2 N–H and O–H groups in total. The summed E-state index contributed by atoms with van der Waals surface area (Å²) in [5.74, 6) is 0. The Kier molecular flexibility index (Phi) is 35.1. The summed E-state index contributed by atoms with van der Waals surface area (Å²) in [5.41, 5.74) is 0. The Morgan fingerprint density at radius 3 is 1.13 bits per heavy atom. The van der Waals surface area contributed by atoms with Gasteiger partial charge in [-0.25, -0.2) is 0 Å². The second-order valence-electron chi connectivity index (χ2n) is 2.71. The maximum atomic E-state index is 8.93. The van der Waals surface area contributed by atoms with Gasteiger partial charge in [-0.2, -0.15) is 0 Å². The van der Waals surface area contributed by atoms with Crippen LogP contribution in [0.3, 0.4) is 0 Å². The fraction of sp³-hybridized carbons (Fsp3) is 1.00. The van der Waals surface area contributed by atoms with Gasteiger partial charge >= 0.3 is 154 Å². The Labute approximate surface area is 218 Å². The smallest absolute Gasteiger partial charge is 0.907 e. The van der Waals surface area contributed by atoms with Gasteiger partial charge in [-0.3, -0.25) is 7.32 Å². The molecule has 1 fully saturated rings. The first-order valence-electron chi connectivity index (χ1n) is 3.87. The Hall–Kier alpha value is 4.77. The minimum atomic E-state index is -2.92. The summed E-state index contributed by atoms with van der Waals surface area (Å²) in [6.45, 7) is 0. The molecule has 5 nitrogen and oxygen atoms in total. The predicted molar refractivity (Wildman–Crippen MR) is 36.2 cm³/mol. The van der Waals surface area contributed by atoms with E-state index in [0.717, 1.165) is 25.7 Å². The third kappa shape index (κ3) is 21.2. The zero-order valence-electron chi connectivity index (χ0n) is 9.68. The van der Waals surface area contributed by atoms with E-state index in [1.165, 1.54) is 0 Å². The maximum absolute atomic E-state index is 8.93. The quantitative estimate of drug-likeness (QED) is 0.431. The van der Waals surface area contributed by atoms with E-state index in [1.807, 2.05) is 0 Å². The Morgan fingerprint density at radius 1 is 0.800 bits per heavy atom. The largest absolute Gasteiger partial charge is 1.00 e. The van der Waals surface area contributed by atoms with Gasteiger partial charge in [0.15, 0.2) is 0 Å². The third-order valence-corrected chi connectivity index (χ3v) is 1.69. The van der Waals surface area contributed by atoms with Gasteiger partial charge in [-0.15, -0.1) is 0 Å². The fourth-order valence-electron chi connectivity index (χ4n) is 1.09. The number of rotatable bonds is 0. The number of aliphatic hydroxyl groups excluding tert-OH is 2. The molecular weight excluding hydrogens is 280 g/mol. The topological polar surface area (TPSA) is 110 Å². The molecule has 0 unspecified atom stereocenters. The first-order chi connectivity index (χ1) is 5.54. The van der Waals surface area contributed by atoms with Crippen LogP contribution in [0.5, 0.6) is 0 Å². The van der Waals surface area contributed by atoms with Crippen molar-refractivity contribution in [1.82, 2.24) is 0 Å². The molecular formula is C6H12BK3O5. The van der Waals surface area contributed by atoms with Crippen molar-refractivity contribution in [2.75, 3.05) is 0 Å². The van der Waals surface area contributed by atoms with Crippen molar-refractivity contribution in [2.24, 2.45) is 0 Å². The molecule has 0 aromatic heterocycles. The van der Waals surface area contributed by atoms with Crippen LogP contribution < -0.4 is 169 Å². The van der Waals surface area contributed by atoms with Crippen molar-refractivity contribution in [2.45, 2.75) is 37.9 Å². The van der Waals surface area contributed by atoms with E-state index in [-0.39, 0.29) is 154 Å². The zero-order chi connectivity index (χ0) is 9.56. The second-order valence-corrected chi connectivity index (χ2v) is 2.71. The molecule has 9 heteroatoms. The van der Waals surface area contributed by atoms with Crippen molar-refractivity contribution in [3.8, 4) is 0 Å². The molecule has 1 aliphatic rings. The van der Waals surface area contributed by atoms with E-state index in [9.17, 15) is 0 Å². The standard InChI is InChI=1S/C6H12O2.BO3.3K/c7-5-3-1-2-4-6(5)8;2-1(3)4;;;/h5-8H,1-4H2;;;;/q;-3;3*+1/t5-,6+;;;;. The van der Waals surface area contributed by atoms with Crippen LogP contribution in [0.4, 0.5) is 0 Å². The van der Waals surface area contributed by atoms with E-state index >= 15 is 0 Å². The summed E-state index contributed by atoms with van der Waals surface area (Å²) in [7, 11) is -2.92. The molecule has 1 aliphatic carbocycles. The summed E-state index contributed by atoms with van der Waals surface area (Å²) >= 11 is 0. The summed E-state index contributed by atoms with van der Waals surface area (Å²) < 4.78 is 0. The number of hydrogen-bond donors (Lipinski definition) is 2. The van der Waals surface area contributed by atoms with E-state index in [4.69, 9.17) is 25.3 Å². The molecule has 0 aromatic carbocycles. The van der Waals surface area contributed by atoms with Gasteiger partial charge in [0.25, 0.3) is 0 Å². The SMILES string of the molecule is O[C@@H]1CCCC[C@@H]1O.[K+].[K+].[K+].[O-]B([O-])[O-]. The molecule has 0 saturated heterocycles. The van der Waals surface area contributed by atoms with Gasteiger partial charge in [-0.05, 0) is 12.8 Å². The predicted octanol–water partition coefficient (Wildman–Crippen LogP) is -12.7. The van der Waals surface area contributed by atoms with Crippen LogP contribution in [0, 0.1) is 0 Å². The van der Waals surface area contributed by atoms with Gasteiger partial charge in [-0.1, -0.05) is 12.8 Å². The summed E-state index contributed by atoms with van der Waals surface area (Å²) in [5, 5.41) is 43.1. The van der Waals surface area contributed by atoms with Crippen LogP contribution in [-0.2, 0) is 0 Å². The zero-order valence-corrected chi connectivity index (χ0v) is 19.0. The van der Waals surface area contributed by atoms with Crippen LogP contribution >= 0.6 is 0 Å². The molecule has 15 heavy (non-hydrogen) atoms. The monoisotopic (exact) mass is 292 g/mol. The molecule has 72 valence electrons. The van der Waals surface area contributed by atoms with Crippen molar-refractivity contribution in [1.29, 1.82) is 0 Å². The normalized spacial score (nSPS) is 23.0. The molecule has 2 atom stereocenters. The van der Waals surface area contributed by atoms with Crippen molar-refractivity contribution in [3.05, 3.63) is 0 Å². The minimum Gasteiger partial charge on any atom is -0.907 e. The second kappa shape index (κ2) is 18.8. The number of aliphatic hydroxyl groups is 2. The maximum Gasteiger partial charge on any atom is 1.00 e. The van der Waals surface area contributed by atoms with Gasteiger partial charge < -0.3 is 25.3 Å². The molecule has 1 rings (SSSR count). The van der Waals surface area contributed by atoms with Crippen LogP contribution in [0.15, 0.2) is 0 Å². The molecule has 0 spiro atoms. The van der Waals surface area contributed by atoms with Gasteiger partial charge in [0.05, 0.1) is 12.2 Å². The van der Waals surface area contributed by atoms with E-state index in [0.29, 0.717) is 0 Å². The van der Waals surface area contributed by atoms with Gasteiger partial charge in [0.1, 0.15) is 0 Å². The van der Waals surface area contributed by atoms with Crippen molar-refractivity contribution < 1.29 is 179 Å². The molecule has 0 amide bonds. The summed E-state index contributed by atoms with van der Waals surface area (Å²) in [6.07, 6.45) is 2.81. The van der Waals surface area contributed by atoms with Crippen molar-refractivity contribution in [3.63, 3.8) is 0 Å². The first kappa shape index (κ1) is 28.0. The van der Waals surface area contributed by atoms with Gasteiger partial charge in [0.2, 0.25) is 0 Å². The molecule has 0 bridgehead atoms. The van der Waals surface area contributed by atoms with Crippen molar-refractivity contribution >= 4 is 7.32 Å². The van der Waals surface area contributed by atoms with Crippen LogP contribution in [-0.4, -0.2) is 29.7 Å². The Bertz CT molecular complexity index is 108. The van der Waals surface area contributed by atoms with E-state index in [1.54, 1.807) is 0 Å². The summed E-state index contributed by atoms with van der Waals surface area (Å²) in [4.78, 5) is 0. The molecule has 0 aliphatic heterocycles. The summed E-state index contributed by atoms with van der Waals surface area (Å²) in [6, 6.07) is 0. The van der Waals surface area contributed by atoms with Crippen LogP contribution in [0.1, 0.15) is 25.7 Å². The molecule has 0 radical (unpaired) electrons. The van der Waals surface area contributed by atoms with E-state index < -0.39 is 19.5 Å². The number of hydrogen-bond acceptors (Lipinski definition) is 5. The molecule has 0 aromatic rings. The average Bonchev–Trinajstić information content (AvgIpc) is 1.94. The fourth-order valence-corrected chi connectivity index (χ4v) is 1.09. The Balaban J connectivity index is -0.0000000779. The van der Waals surface area contributed by atoms with Crippen LogP contribution in [0.2, 0.25) is 0 Å². The third-order valence-electron chi connectivity index (χ3n) is 1.69. The van der Waals surface area contributed by atoms with E-state index in [2.05, 4.69) is 0 Å². The molecule has 1 saturated carbocycles. The minimum absolute atomic E-state index is 0.